The van der Waals surface area contributed by atoms with Crippen molar-refractivity contribution in [3.63, 3.8) is 0 Å². The molecule has 1 N–H and O–H groups in total. The molecule has 1 spiro atoms. The third-order valence-corrected chi connectivity index (χ3v) is 4.09. The molecule has 1 unspecified atom stereocenters. The zero-order chi connectivity index (χ0) is 10.7. The fourth-order valence-electron chi connectivity index (χ4n) is 2.96. The van der Waals surface area contributed by atoms with Crippen molar-refractivity contribution in [1.82, 2.24) is 5.32 Å². The second-order valence-electron chi connectivity index (χ2n) is 5.61. The van der Waals surface area contributed by atoms with Gasteiger partial charge in [0, 0.05) is 19.2 Å². The van der Waals surface area contributed by atoms with Gasteiger partial charge in [-0.05, 0) is 25.2 Å². The standard InChI is InChI=1S/C13H25NO/c1-11(2)12-6-9-15-13(10-14-12)7-4-3-5-8-13/h11-12,14H,3-10H2,1-2H3. The Bertz CT molecular complexity index is 197. The lowest BCUT2D eigenvalue weighted by atomic mass is 9.84. The maximum Gasteiger partial charge on any atom is 0.0806 e. The summed E-state index contributed by atoms with van der Waals surface area (Å²) in [6, 6.07) is 0.659. The number of rotatable bonds is 1. The molecule has 0 aromatic rings. The van der Waals surface area contributed by atoms with Gasteiger partial charge in [-0.15, -0.1) is 0 Å². The van der Waals surface area contributed by atoms with Gasteiger partial charge in [-0.25, -0.2) is 0 Å². The van der Waals surface area contributed by atoms with E-state index < -0.39 is 0 Å². The third kappa shape index (κ3) is 2.73. The van der Waals surface area contributed by atoms with E-state index in [-0.39, 0.29) is 5.60 Å². The average Bonchev–Trinajstić information content (AvgIpc) is 2.43. The molecule has 0 bridgehead atoms. The van der Waals surface area contributed by atoms with Gasteiger partial charge in [0.25, 0.3) is 0 Å². The summed E-state index contributed by atoms with van der Waals surface area (Å²) in [5.41, 5.74) is 0.196. The van der Waals surface area contributed by atoms with Crippen LogP contribution in [0.2, 0.25) is 0 Å². The van der Waals surface area contributed by atoms with Crippen LogP contribution in [0.5, 0.6) is 0 Å². The van der Waals surface area contributed by atoms with Crippen LogP contribution in [0.3, 0.4) is 0 Å². The molecule has 0 aromatic carbocycles. The topological polar surface area (TPSA) is 21.3 Å². The molecular formula is C13H25NO. The monoisotopic (exact) mass is 211 g/mol. The van der Waals surface area contributed by atoms with Crippen LogP contribution in [0.15, 0.2) is 0 Å². The highest BCUT2D eigenvalue weighted by Crippen LogP contribution is 2.33. The van der Waals surface area contributed by atoms with Gasteiger partial charge in [0.2, 0.25) is 0 Å². The van der Waals surface area contributed by atoms with E-state index in [0.29, 0.717) is 6.04 Å². The minimum Gasteiger partial charge on any atom is -0.374 e. The number of hydrogen-bond acceptors (Lipinski definition) is 2. The molecule has 1 saturated carbocycles. The molecule has 1 aliphatic heterocycles. The van der Waals surface area contributed by atoms with E-state index in [0.717, 1.165) is 19.1 Å². The molecule has 1 saturated heterocycles. The SMILES string of the molecule is CC(C)C1CCOC2(CCCCC2)CN1. The first kappa shape index (κ1) is 11.4. The molecule has 0 aromatic heterocycles. The van der Waals surface area contributed by atoms with E-state index in [1.165, 1.54) is 38.5 Å². The summed E-state index contributed by atoms with van der Waals surface area (Å²) < 4.78 is 6.15. The minimum atomic E-state index is 0.196. The maximum atomic E-state index is 6.15. The van der Waals surface area contributed by atoms with E-state index in [9.17, 15) is 0 Å². The van der Waals surface area contributed by atoms with Gasteiger partial charge in [-0.2, -0.15) is 0 Å². The van der Waals surface area contributed by atoms with E-state index in [2.05, 4.69) is 19.2 Å². The first-order chi connectivity index (χ1) is 7.22. The summed E-state index contributed by atoms with van der Waals surface area (Å²) in [7, 11) is 0. The molecule has 88 valence electrons. The zero-order valence-electron chi connectivity index (χ0n) is 10.2. The maximum absolute atomic E-state index is 6.15. The molecule has 2 fully saturated rings. The van der Waals surface area contributed by atoms with Crippen molar-refractivity contribution in [1.29, 1.82) is 0 Å². The normalized spacial score (nSPS) is 31.8. The lowest BCUT2D eigenvalue weighted by Gasteiger charge is -2.36. The van der Waals surface area contributed by atoms with E-state index in [4.69, 9.17) is 4.74 Å². The van der Waals surface area contributed by atoms with E-state index in [1.807, 2.05) is 0 Å². The van der Waals surface area contributed by atoms with Crippen LogP contribution in [0.1, 0.15) is 52.4 Å². The summed E-state index contributed by atoms with van der Waals surface area (Å²) in [6.45, 7) is 6.64. The van der Waals surface area contributed by atoms with Crippen LogP contribution < -0.4 is 5.32 Å². The number of hydrogen-bond donors (Lipinski definition) is 1. The summed E-state index contributed by atoms with van der Waals surface area (Å²) in [5, 5.41) is 3.72. The van der Waals surface area contributed by atoms with Crippen molar-refractivity contribution in [3.05, 3.63) is 0 Å². The van der Waals surface area contributed by atoms with Crippen LogP contribution in [0.25, 0.3) is 0 Å². The second kappa shape index (κ2) is 4.84. The predicted molar refractivity (Wildman–Crippen MR) is 63.0 cm³/mol. The third-order valence-electron chi connectivity index (χ3n) is 4.09. The van der Waals surface area contributed by atoms with Crippen LogP contribution in [-0.2, 0) is 4.74 Å². The lowest BCUT2D eigenvalue weighted by Crippen LogP contribution is -2.45. The lowest BCUT2D eigenvalue weighted by molar-refractivity contribution is -0.0581. The Hall–Kier alpha value is -0.0800. The molecule has 1 aliphatic carbocycles. The Morgan fingerprint density at radius 1 is 1.20 bits per heavy atom. The molecule has 2 aliphatic rings. The number of ether oxygens (including phenoxy) is 1. The Kier molecular flexibility index (Phi) is 3.68. The molecule has 0 radical (unpaired) electrons. The molecule has 2 heteroatoms. The van der Waals surface area contributed by atoms with Crippen molar-refractivity contribution in [3.8, 4) is 0 Å². The highest BCUT2D eigenvalue weighted by atomic mass is 16.5. The zero-order valence-corrected chi connectivity index (χ0v) is 10.2. The van der Waals surface area contributed by atoms with Gasteiger partial charge in [0.15, 0.2) is 0 Å². The highest BCUT2D eigenvalue weighted by Gasteiger charge is 2.35. The Balaban J connectivity index is 1.93. The first-order valence-corrected chi connectivity index (χ1v) is 6.59. The summed E-state index contributed by atoms with van der Waals surface area (Å²) >= 11 is 0. The van der Waals surface area contributed by atoms with Crippen molar-refractivity contribution >= 4 is 0 Å². The van der Waals surface area contributed by atoms with Gasteiger partial charge in [0.05, 0.1) is 5.60 Å². The van der Waals surface area contributed by atoms with Crippen LogP contribution in [0.4, 0.5) is 0 Å². The highest BCUT2D eigenvalue weighted by molar-refractivity contribution is 4.90. The Morgan fingerprint density at radius 2 is 1.93 bits per heavy atom. The van der Waals surface area contributed by atoms with Crippen molar-refractivity contribution in [2.75, 3.05) is 13.2 Å². The van der Waals surface area contributed by atoms with Crippen LogP contribution >= 0.6 is 0 Å². The van der Waals surface area contributed by atoms with Gasteiger partial charge in [-0.3, -0.25) is 0 Å². The van der Waals surface area contributed by atoms with Crippen LogP contribution in [-0.4, -0.2) is 24.8 Å². The Morgan fingerprint density at radius 3 is 2.60 bits per heavy atom. The van der Waals surface area contributed by atoms with Gasteiger partial charge < -0.3 is 10.1 Å². The largest absolute Gasteiger partial charge is 0.374 e. The minimum absolute atomic E-state index is 0.196. The van der Waals surface area contributed by atoms with Crippen molar-refractivity contribution < 1.29 is 4.74 Å². The van der Waals surface area contributed by atoms with E-state index in [1.54, 1.807) is 0 Å². The van der Waals surface area contributed by atoms with Gasteiger partial charge in [-0.1, -0.05) is 33.1 Å². The second-order valence-corrected chi connectivity index (χ2v) is 5.61. The molecule has 2 rings (SSSR count). The predicted octanol–water partition coefficient (Wildman–Crippen LogP) is 2.72. The summed E-state index contributed by atoms with van der Waals surface area (Å²) in [5.74, 6) is 0.729. The average molecular weight is 211 g/mol. The molecule has 0 amide bonds. The number of nitrogens with one attached hydrogen (secondary N) is 1. The molecular weight excluding hydrogens is 186 g/mol. The Labute approximate surface area is 93.8 Å². The molecule has 1 heterocycles. The van der Waals surface area contributed by atoms with Gasteiger partial charge in [0.1, 0.15) is 0 Å². The summed E-state index contributed by atoms with van der Waals surface area (Å²) in [4.78, 5) is 0. The van der Waals surface area contributed by atoms with Crippen molar-refractivity contribution in [2.24, 2.45) is 5.92 Å². The fourth-order valence-corrected chi connectivity index (χ4v) is 2.96. The van der Waals surface area contributed by atoms with Crippen molar-refractivity contribution in [2.45, 2.75) is 64.0 Å². The molecule has 15 heavy (non-hydrogen) atoms. The van der Waals surface area contributed by atoms with Crippen LogP contribution in [0, 0.1) is 5.92 Å². The smallest absolute Gasteiger partial charge is 0.0806 e. The summed E-state index contributed by atoms with van der Waals surface area (Å²) in [6.07, 6.45) is 7.83. The van der Waals surface area contributed by atoms with E-state index >= 15 is 0 Å². The quantitative estimate of drug-likeness (QED) is 0.720. The molecule has 1 atom stereocenters. The fraction of sp³-hybridized carbons (Fsp3) is 1.00. The molecule has 2 nitrogen and oxygen atoms in total. The first-order valence-electron chi connectivity index (χ1n) is 6.59. The van der Waals surface area contributed by atoms with Gasteiger partial charge >= 0.3 is 0 Å².